The first-order chi connectivity index (χ1) is 11.7. The first-order valence-corrected chi connectivity index (χ1v) is 8.11. The second kappa shape index (κ2) is 9.52. The largest absolute Gasteiger partial charge is 0.493 e. The molecule has 0 heterocycles. The Bertz CT molecular complexity index is 690. The predicted molar refractivity (Wildman–Crippen MR) is 99.3 cm³/mol. The minimum absolute atomic E-state index is 0.497. The van der Waals surface area contributed by atoms with Crippen molar-refractivity contribution in [3.63, 3.8) is 0 Å². The van der Waals surface area contributed by atoms with Crippen molar-refractivity contribution in [3.05, 3.63) is 59.7 Å². The Labute approximate surface area is 147 Å². The molecule has 6 heteroatoms. The van der Waals surface area contributed by atoms with Crippen molar-refractivity contribution in [1.29, 1.82) is 0 Å². The van der Waals surface area contributed by atoms with Crippen molar-refractivity contribution in [2.24, 2.45) is 0 Å². The summed E-state index contributed by atoms with van der Waals surface area (Å²) in [6.45, 7) is 3.25. The van der Waals surface area contributed by atoms with Gasteiger partial charge in [0.2, 0.25) is 5.11 Å². The summed E-state index contributed by atoms with van der Waals surface area (Å²) in [5.41, 5.74) is 4.92. The Kier molecular flexibility index (Phi) is 7.04. The second-order valence-corrected chi connectivity index (χ2v) is 5.37. The highest BCUT2D eigenvalue weighted by Gasteiger charge is 2.06. The number of ether oxygens (including phenoxy) is 2. The van der Waals surface area contributed by atoms with Gasteiger partial charge in [-0.3, -0.25) is 0 Å². The van der Waals surface area contributed by atoms with Crippen molar-refractivity contribution >= 4 is 23.5 Å². The third kappa shape index (κ3) is 5.55. The minimum atomic E-state index is 0.497. The Balaban J connectivity index is 1.99. The number of hydrogen-bond acceptors (Lipinski definition) is 3. The van der Waals surface area contributed by atoms with Crippen molar-refractivity contribution in [2.75, 3.05) is 13.7 Å². The number of methoxy groups -OCH3 is 1. The van der Waals surface area contributed by atoms with Gasteiger partial charge < -0.3 is 14.8 Å². The normalized spacial score (nSPS) is 10.4. The quantitative estimate of drug-likeness (QED) is 0.400. The van der Waals surface area contributed by atoms with E-state index in [0.29, 0.717) is 23.2 Å². The van der Waals surface area contributed by atoms with Crippen LogP contribution in [0.2, 0.25) is 0 Å². The van der Waals surface area contributed by atoms with Crippen LogP contribution in [0, 0.1) is 0 Å². The zero-order valence-electron chi connectivity index (χ0n) is 13.8. The van der Waals surface area contributed by atoms with Crippen LogP contribution >= 0.6 is 12.2 Å². The first kappa shape index (κ1) is 17.7. The van der Waals surface area contributed by atoms with E-state index in [1.54, 1.807) is 13.3 Å². The molecule has 5 nitrogen and oxygen atoms in total. The molecule has 0 radical (unpaired) electrons. The molecule has 24 heavy (non-hydrogen) atoms. The van der Waals surface area contributed by atoms with Crippen molar-refractivity contribution in [3.8, 4) is 11.5 Å². The van der Waals surface area contributed by atoms with E-state index in [4.69, 9.17) is 21.7 Å². The molecule has 2 rings (SSSR count). The highest BCUT2D eigenvalue weighted by Crippen LogP contribution is 2.28. The third-order valence-corrected chi connectivity index (χ3v) is 3.43. The van der Waals surface area contributed by atoms with Crippen LogP contribution in [-0.4, -0.2) is 25.0 Å². The molecule has 2 aromatic carbocycles. The van der Waals surface area contributed by atoms with Crippen molar-refractivity contribution < 1.29 is 14.6 Å². The molecule has 0 spiro atoms. The number of thiocarbonyl (C=S) groups is 1. The Hall–Kier alpha value is -2.60. The first-order valence-electron chi connectivity index (χ1n) is 7.70. The zero-order chi connectivity index (χ0) is 17.2. The standard InChI is InChI=1S/C18H21N3O2S/c1-3-19-18(24)21-20-12-15-9-10-16(17(11-15)22-2)23-13-14-7-5-4-6-8-14/h4-12H,3,13H2,1-2H3,(H2,19,21,24)/p+1. The zero-order valence-corrected chi connectivity index (χ0v) is 14.7. The summed E-state index contributed by atoms with van der Waals surface area (Å²) < 4.78 is 11.2. The summed E-state index contributed by atoms with van der Waals surface area (Å²) in [5, 5.41) is 6.47. The average molecular weight is 344 g/mol. The molecule has 0 aliphatic heterocycles. The Morgan fingerprint density at radius 2 is 1.96 bits per heavy atom. The molecule has 126 valence electrons. The molecule has 0 fully saturated rings. The number of nitrogens with one attached hydrogen (secondary N) is 3. The lowest BCUT2D eigenvalue weighted by Gasteiger charge is -2.11. The van der Waals surface area contributed by atoms with Crippen LogP contribution in [0.15, 0.2) is 48.5 Å². The molecule has 0 aliphatic rings. The van der Waals surface area contributed by atoms with Gasteiger partial charge in [-0.05, 0) is 42.9 Å². The topological polar surface area (TPSA) is 56.5 Å². The fourth-order valence-corrected chi connectivity index (χ4v) is 2.22. The van der Waals surface area contributed by atoms with Crippen LogP contribution in [0.4, 0.5) is 0 Å². The lowest BCUT2D eigenvalue weighted by Crippen LogP contribution is -2.82. The van der Waals surface area contributed by atoms with Crippen LogP contribution < -0.4 is 25.3 Å². The molecule has 0 atom stereocenters. The van der Waals surface area contributed by atoms with Gasteiger partial charge in [0.25, 0.3) is 0 Å². The second-order valence-electron chi connectivity index (χ2n) is 4.96. The van der Waals surface area contributed by atoms with Gasteiger partial charge in [-0.2, -0.15) is 0 Å². The van der Waals surface area contributed by atoms with E-state index < -0.39 is 0 Å². The maximum absolute atomic E-state index is 5.84. The minimum Gasteiger partial charge on any atom is -0.493 e. The summed E-state index contributed by atoms with van der Waals surface area (Å²) in [4.78, 5) is 0. The number of hydrogen-bond donors (Lipinski definition) is 3. The third-order valence-electron chi connectivity index (χ3n) is 3.19. The molecule has 0 aromatic heterocycles. The maximum Gasteiger partial charge on any atom is 0.223 e. The van der Waals surface area contributed by atoms with E-state index in [-0.39, 0.29) is 0 Å². The van der Waals surface area contributed by atoms with Crippen LogP contribution in [0.3, 0.4) is 0 Å². The summed E-state index contributed by atoms with van der Waals surface area (Å²) in [5.74, 6) is 1.38. The summed E-state index contributed by atoms with van der Waals surface area (Å²) in [7, 11) is 1.63. The fraction of sp³-hybridized carbons (Fsp3) is 0.222. The van der Waals surface area contributed by atoms with Crippen LogP contribution in [0.5, 0.6) is 11.5 Å². The molecule has 0 bridgehead atoms. The monoisotopic (exact) mass is 344 g/mol. The van der Waals surface area contributed by atoms with E-state index in [1.165, 1.54) is 0 Å². The lowest BCUT2D eigenvalue weighted by molar-refractivity contribution is -0.500. The highest BCUT2D eigenvalue weighted by molar-refractivity contribution is 7.80. The van der Waals surface area contributed by atoms with Crippen molar-refractivity contribution in [2.45, 2.75) is 13.5 Å². The molecular weight excluding hydrogens is 322 g/mol. The maximum atomic E-state index is 5.84. The fourth-order valence-electron chi connectivity index (χ4n) is 2.02. The van der Waals surface area contributed by atoms with E-state index >= 15 is 0 Å². The van der Waals surface area contributed by atoms with Crippen LogP contribution in [-0.2, 0) is 6.61 Å². The molecule has 0 saturated heterocycles. The summed E-state index contributed by atoms with van der Waals surface area (Å²) >= 11 is 5.07. The molecule has 0 unspecified atom stereocenters. The number of benzene rings is 2. The van der Waals surface area contributed by atoms with E-state index in [1.807, 2.05) is 55.5 Å². The predicted octanol–water partition coefficient (Wildman–Crippen LogP) is 1.17. The molecular formula is C18H22N3O2S+. The van der Waals surface area contributed by atoms with Gasteiger partial charge in [0.05, 0.1) is 7.11 Å². The summed E-state index contributed by atoms with van der Waals surface area (Å²) in [6, 6.07) is 15.7. The average Bonchev–Trinajstić information content (AvgIpc) is 2.61. The van der Waals surface area contributed by atoms with Gasteiger partial charge in [0, 0.05) is 12.1 Å². The molecule has 0 aliphatic carbocycles. The van der Waals surface area contributed by atoms with Crippen LogP contribution in [0.25, 0.3) is 0 Å². The summed E-state index contributed by atoms with van der Waals surface area (Å²) in [6.07, 6.45) is 1.80. The number of hydrazone groups is 1. The molecule has 0 saturated carbocycles. The lowest BCUT2D eigenvalue weighted by atomic mass is 10.2. The smallest absolute Gasteiger partial charge is 0.223 e. The van der Waals surface area contributed by atoms with E-state index in [2.05, 4.69) is 15.8 Å². The van der Waals surface area contributed by atoms with Gasteiger partial charge in [-0.15, -0.1) is 10.5 Å². The Morgan fingerprint density at radius 1 is 1.17 bits per heavy atom. The van der Waals surface area contributed by atoms with Gasteiger partial charge in [0.15, 0.2) is 17.7 Å². The molecule has 2 aromatic rings. The Morgan fingerprint density at radius 3 is 2.67 bits per heavy atom. The molecule has 0 amide bonds. The van der Waals surface area contributed by atoms with Gasteiger partial charge in [-0.1, -0.05) is 30.3 Å². The van der Waals surface area contributed by atoms with Gasteiger partial charge in [0.1, 0.15) is 6.61 Å². The van der Waals surface area contributed by atoms with E-state index in [9.17, 15) is 0 Å². The van der Waals surface area contributed by atoms with Crippen LogP contribution in [0.1, 0.15) is 18.1 Å². The number of rotatable bonds is 7. The van der Waals surface area contributed by atoms with Gasteiger partial charge in [-0.25, -0.2) is 0 Å². The van der Waals surface area contributed by atoms with Crippen molar-refractivity contribution in [1.82, 2.24) is 10.7 Å². The SMILES string of the molecule is CCNC(=S)N[NH+]=Cc1ccc(OCc2ccccc2)c(OC)c1. The molecule has 3 N–H and O–H groups in total. The number of hydrazine groups is 1. The van der Waals surface area contributed by atoms with E-state index in [0.717, 1.165) is 17.7 Å². The highest BCUT2D eigenvalue weighted by atomic mass is 32.1. The van der Waals surface area contributed by atoms with Gasteiger partial charge >= 0.3 is 0 Å².